The summed E-state index contributed by atoms with van der Waals surface area (Å²) in [5, 5.41) is 0.468. The maximum atomic E-state index is 12.5. The fourth-order valence-electron chi connectivity index (χ4n) is 2.16. The molecule has 4 nitrogen and oxygen atoms in total. The highest BCUT2D eigenvalue weighted by molar-refractivity contribution is 7.89. The number of benzene rings is 2. The molecule has 0 radical (unpaired) electrons. The molecule has 0 bridgehead atoms. The molecule has 0 aliphatic carbocycles. The Morgan fingerprint density at radius 3 is 2.35 bits per heavy atom. The maximum Gasteiger partial charge on any atom is 0.416 e. The number of para-hydroxylation sites is 1. The first-order valence-corrected chi connectivity index (χ1v) is 9.52. The van der Waals surface area contributed by atoms with Gasteiger partial charge in [-0.2, -0.15) is 13.2 Å². The molecule has 0 saturated heterocycles. The average Bonchev–Trinajstić information content (AvgIpc) is 2.56. The van der Waals surface area contributed by atoms with Crippen molar-refractivity contribution in [2.75, 3.05) is 13.2 Å². The predicted octanol–water partition coefficient (Wildman–Crippen LogP) is 4.41. The van der Waals surface area contributed by atoms with Crippen LogP contribution in [0.3, 0.4) is 0 Å². The molecule has 1 N–H and O–H groups in total. The minimum absolute atomic E-state index is 0.0762. The molecule has 2 aromatic carbocycles. The lowest BCUT2D eigenvalue weighted by molar-refractivity contribution is -0.137. The highest BCUT2D eigenvalue weighted by atomic mass is 35.5. The van der Waals surface area contributed by atoms with Gasteiger partial charge in [0.25, 0.3) is 0 Å². The van der Waals surface area contributed by atoms with Crippen LogP contribution in [0.5, 0.6) is 5.75 Å². The lowest BCUT2D eigenvalue weighted by Crippen LogP contribution is -2.26. The second-order valence-electron chi connectivity index (χ2n) is 5.51. The van der Waals surface area contributed by atoms with Crippen LogP contribution in [0.1, 0.15) is 17.5 Å². The normalized spacial score (nSPS) is 12.2. The zero-order chi connectivity index (χ0) is 19.4. The van der Waals surface area contributed by atoms with Crippen molar-refractivity contribution in [1.29, 1.82) is 0 Å². The Morgan fingerprint density at radius 1 is 1.12 bits per heavy atom. The summed E-state index contributed by atoms with van der Waals surface area (Å²) >= 11 is 6.02. The van der Waals surface area contributed by atoms with Gasteiger partial charge in [-0.3, -0.25) is 0 Å². The van der Waals surface area contributed by atoms with Crippen LogP contribution in [0.25, 0.3) is 0 Å². The average molecular weight is 408 g/mol. The molecule has 0 heterocycles. The molecule has 2 aromatic rings. The molecule has 0 amide bonds. The Bertz CT molecular complexity index is 832. The summed E-state index contributed by atoms with van der Waals surface area (Å²) in [5.74, 6) is 0.541. The zero-order valence-corrected chi connectivity index (χ0v) is 15.4. The molecule has 0 unspecified atom stereocenters. The van der Waals surface area contributed by atoms with Gasteiger partial charge < -0.3 is 4.74 Å². The van der Waals surface area contributed by atoms with Crippen LogP contribution in [0.4, 0.5) is 13.2 Å². The molecule has 26 heavy (non-hydrogen) atoms. The molecule has 0 atom stereocenters. The van der Waals surface area contributed by atoms with Gasteiger partial charge in [-0.05, 0) is 49.2 Å². The van der Waals surface area contributed by atoms with E-state index < -0.39 is 21.8 Å². The zero-order valence-electron chi connectivity index (χ0n) is 13.8. The van der Waals surface area contributed by atoms with Crippen molar-refractivity contribution < 1.29 is 26.3 Å². The molecule has 0 aliphatic heterocycles. The first-order valence-electron chi connectivity index (χ1n) is 7.66. The lowest BCUT2D eigenvalue weighted by atomic mass is 10.2. The van der Waals surface area contributed by atoms with Gasteiger partial charge in [-0.15, -0.1) is 0 Å². The van der Waals surface area contributed by atoms with Crippen molar-refractivity contribution in [3.8, 4) is 5.75 Å². The Labute approximate surface area is 155 Å². The van der Waals surface area contributed by atoms with E-state index in [1.165, 1.54) is 0 Å². The number of aryl methyl sites for hydroxylation is 1. The van der Waals surface area contributed by atoms with Crippen LogP contribution in [0.15, 0.2) is 47.4 Å². The SMILES string of the molecule is Cc1cccc(Cl)c1OCCCNS(=O)(=O)c1ccc(C(F)(F)F)cc1. The highest BCUT2D eigenvalue weighted by Crippen LogP contribution is 2.30. The summed E-state index contributed by atoms with van der Waals surface area (Å²) in [4.78, 5) is -0.228. The van der Waals surface area contributed by atoms with Crippen molar-refractivity contribution in [2.45, 2.75) is 24.4 Å². The monoisotopic (exact) mass is 407 g/mol. The van der Waals surface area contributed by atoms with E-state index in [0.29, 0.717) is 17.2 Å². The van der Waals surface area contributed by atoms with E-state index in [0.717, 1.165) is 29.8 Å². The summed E-state index contributed by atoms with van der Waals surface area (Å²) in [6.07, 6.45) is -4.14. The van der Waals surface area contributed by atoms with Crippen LogP contribution in [-0.2, 0) is 16.2 Å². The largest absolute Gasteiger partial charge is 0.492 e. The summed E-state index contributed by atoms with van der Waals surface area (Å²) in [6, 6.07) is 8.65. The van der Waals surface area contributed by atoms with Crippen LogP contribution >= 0.6 is 11.6 Å². The number of alkyl halides is 3. The van der Waals surface area contributed by atoms with Crippen LogP contribution in [0, 0.1) is 6.92 Å². The molecule has 0 aromatic heterocycles. The number of hydrogen-bond donors (Lipinski definition) is 1. The van der Waals surface area contributed by atoms with Gasteiger partial charge in [-0.1, -0.05) is 23.7 Å². The Morgan fingerprint density at radius 2 is 1.77 bits per heavy atom. The number of ether oxygens (including phenoxy) is 1. The molecular weight excluding hydrogens is 391 g/mol. The number of halogens is 4. The quantitative estimate of drug-likeness (QED) is 0.691. The smallest absolute Gasteiger partial charge is 0.416 e. The number of sulfonamides is 1. The lowest BCUT2D eigenvalue weighted by Gasteiger charge is -2.12. The fraction of sp³-hybridized carbons (Fsp3) is 0.294. The topological polar surface area (TPSA) is 55.4 Å². The summed E-state index contributed by atoms with van der Waals surface area (Å²) in [5.41, 5.74) is -0.0391. The first kappa shape index (κ1) is 20.5. The molecule has 2 rings (SSSR count). The van der Waals surface area contributed by atoms with Crippen LogP contribution < -0.4 is 9.46 Å². The van der Waals surface area contributed by atoms with Crippen molar-refractivity contribution in [2.24, 2.45) is 0 Å². The van der Waals surface area contributed by atoms with Crippen molar-refractivity contribution in [3.05, 3.63) is 58.6 Å². The number of nitrogens with one attached hydrogen (secondary N) is 1. The second-order valence-corrected chi connectivity index (χ2v) is 7.68. The molecule has 0 fully saturated rings. The van der Waals surface area contributed by atoms with E-state index in [9.17, 15) is 21.6 Å². The van der Waals surface area contributed by atoms with E-state index in [1.54, 1.807) is 12.1 Å². The minimum Gasteiger partial charge on any atom is -0.492 e. The van der Waals surface area contributed by atoms with E-state index in [4.69, 9.17) is 16.3 Å². The van der Waals surface area contributed by atoms with Gasteiger partial charge >= 0.3 is 6.18 Å². The fourth-order valence-corrected chi connectivity index (χ4v) is 3.51. The molecular formula is C17H17ClF3NO3S. The van der Waals surface area contributed by atoms with Gasteiger partial charge in [0, 0.05) is 6.54 Å². The maximum absolute atomic E-state index is 12.5. The molecule has 142 valence electrons. The number of rotatable bonds is 7. The predicted molar refractivity (Wildman–Crippen MR) is 92.9 cm³/mol. The molecule has 0 spiro atoms. The van der Waals surface area contributed by atoms with Crippen molar-refractivity contribution in [3.63, 3.8) is 0 Å². The van der Waals surface area contributed by atoms with Gasteiger partial charge in [0.05, 0.1) is 22.1 Å². The van der Waals surface area contributed by atoms with Gasteiger partial charge in [-0.25, -0.2) is 13.1 Å². The first-order chi connectivity index (χ1) is 12.1. The Kier molecular flexibility index (Phi) is 6.54. The van der Waals surface area contributed by atoms with E-state index in [1.807, 2.05) is 13.0 Å². The third-order valence-corrected chi connectivity index (χ3v) is 5.29. The third kappa shape index (κ3) is 5.36. The Hall–Kier alpha value is -1.77. The van der Waals surface area contributed by atoms with E-state index in [-0.39, 0.29) is 18.0 Å². The summed E-state index contributed by atoms with van der Waals surface area (Å²) < 4.78 is 69.6. The summed E-state index contributed by atoms with van der Waals surface area (Å²) in [7, 11) is -3.88. The van der Waals surface area contributed by atoms with Crippen LogP contribution in [-0.4, -0.2) is 21.6 Å². The molecule has 0 aliphatic rings. The standard InChI is InChI=1S/C17H17ClF3NO3S/c1-12-4-2-5-15(18)16(12)25-11-3-10-22-26(23,24)14-8-6-13(7-9-14)17(19,20)21/h2,4-9,22H,3,10-11H2,1H3. The third-order valence-electron chi connectivity index (χ3n) is 3.52. The Balaban J connectivity index is 1.87. The van der Waals surface area contributed by atoms with Gasteiger partial charge in [0.2, 0.25) is 10.0 Å². The van der Waals surface area contributed by atoms with Crippen molar-refractivity contribution >= 4 is 21.6 Å². The van der Waals surface area contributed by atoms with Gasteiger partial charge in [0.1, 0.15) is 5.75 Å². The summed E-state index contributed by atoms with van der Waals surface area (Å²) in [6.45, 7) is 2.15. The number of hydrogen-bond acceptors (Lipinski definition) is 3. The van der Waals surface area contributed by atoms with Gasteiger partial charge in [0.15, 0.2) is 0 Å². The highest BCUT2D eigenvalue weighted by Gasteiger charge is 2.30. The molecule has 0 saturated carbocycles. The minimum atomic E-state index is -4.51. The van der Waals surface area contributed by atoms with Crippen LogP contribution in [0.2, 0.25) is 5.02 Å². The molecule has 9 heteroatoms. The van der Waals surface area contributed by atoms with E-state index >= 15 is 0 Å². The van der Waals surface area contributed by atoms with Crippen molar-refractivity contribution in [1.82, 2.24) is 4.72 Å². The second kappa shape index (κ2) is 8.28. The van der Waals surface area contributed by atoms with E-state index in [2.05, 4.69) is 4.72 Å².